The largest absolute Gasteiger partial charge is 0.354 e. The van der Waals surface area contributed by atoms with Crippen molar-refractivity contribution >= 4 is 11.6 Å². The van der Waals surface area contributed by atoms with E-state index in [2.05, 4.69) is 12.2 Å². The van der Waals surface area contributed by atoms with E-state index in [1.807, 2.05) is 31.2 Å². The molecular formula is C13H20ClNO2. The minimum absolute atomic E-state index is 0.0799. The summed E-state index contributed by atoms with van der Waals surface area (Å²) in [5.41, 5.74) is 1.08. The van der Waals surface area contributed by atoms with Gasteiger partial charge in [-0.1, -0.05) is 29.8 Å². The van der Waals surface area contributed by atoms with Gasteiger partial charge in [0.25, 0.3) is 0 Å². The number of halogens is 1. The van der Waals surface area contributed by atoms with Crippen LogP contribution in [0.5, 0.6) is 0 Å². The third kappa shape index (κ3) is 3.96. The average molecular weight is 258 g/mol. The summed E-state index contributed by atoms with van der Waals surface area (Å²) in [5.74, 6) is 0. The van der Waals surface area contributed by atoms with Crippen LogP contribution in [0.4, 0.5) is 0 Å². The van der Waals surface area contributed by atoms with E-state index in [-0.39, 0.29) is 18.4 Å². The summed E-state index contributed by atoms with van der Waals surface area (Å²) in [7, 11) is 3.26. The van der Waals surface area contributed by atoms with Crippen molar-refractivity contribution in [2.24, 2.45) is 0 Å². The van der Waals surface area contributed by atoms with Crippen LogP contribution in [0.2, 0.25) is 5.02 Å². The number of methoxy groups -OCH3 is 2. The SMILES string of the molecule is COC(OC)C(C)N[C@@H](C)c1ccccc1Cl. The summed E-state index contributed by atoms with van der Waals surface area (Å²) < 4.78 is 10.4. The van der Waals surface area contributed by atoms with Crippen LogP contribution in [-0.2, 0) is 9.47 Å². The molecule has 1 rings (SSSR count). The normalized spacial score (nSPS) is 14.9. The van der Waals surface area contributed by atoms with E-state index in [1.54, 1.807) is 14.2 Å². The zero-order valence-electron chi connectivity index (χ0n) is 10.7. The van der Waals surface area contributed by atoms with Crippen LogP contribution >= 0.6 is 11.6 Å². The lowest BCUT2D eigenvalue weighted by atomic mass is 10.1. The smallest absolute Gasteiger partial charge is 0.171 e. The zero-order chi connectivity index (χ0) is 12.8. The molecule has 0 heterocycles. The Morgan fingerprint density at radius 2 is 1.71 bits per heavy atom. The van der Waals surface area contributed by atoms with Crippen molar-refractivity contribution in [3.63, 3.8) is 0 Å². The molecule has 1 N–H and O–H groups in total. The van der Waals surface area contributed by atoms with Gasteiger partial charge in [-0.25, -0.2) is 0 Å². The van der Waals surface area contributed by atoms with Crippen molar-refractivity contribution in [3.05, 3.63) is 34.9 Å². The molecule has 1 unspecified atom stereocenters. The lowest BCUT2D eigenvalue weighted by molar-refractivity contribution is -0.120. The van der Waals surface area contributed by atoms with Crippen molar-refractivity contribution in [3.8, 4) is 0 Å². The third-order valence-electron chi connectivity index (χ3n) is 2.76. The highest BCUT2D eigenvalue weighted by molar-refractivity contribution is 6.31. The zero-order valence-corrected chi connectivity index (χ0v) is 11.5. The number of ether oxygens (including phenoxy) is 2. The molecule has 0 saturated carbocycles. The second-order valence-electron chi connectivity index (χ2n) is 4.04. The number of nitrogens with one attached hydrogen (secondary N) is 1. The molecular weight excluding hydrogens is 238 g/mol. The Hall–Kier alpha value is -0.610. The second-order valence-corrected chi connectivity index (χ2v) is 4.45. The molecule has 0 aliphatic carbocycles. The van der Waals surface area contributed by atoms with Gasteiger partial charge in [0.2, 0.25) is 0 Å². The van der Waals surface area contributed by atoms with E-state index >= 15 is 0 Å². The topological polar surface area (TPSA) is 30.5 Å². The predicted octanol–water partition coefficient (Wildman–Crippen LogP) is 3.00. The van der Waals surface area contributed by atoms with E-state index < -0.39 is 0 Å². The Morgan fingerprint density at radius 3 is 2.24 bits per heavy atom. The Kier molecular flexibility index (Phi) is 5.92. The van der Waals surface area contributed by atoms with Gasteiger partial charge in [-0.2, -0.15) is 0 Å². The van der Waals surface area contributed by atoms with Gasteiger partial charge in [-0.05, 0) is 25.5 Å². The molecule has 0 radical (unpaired) electrons. The van der Waals surface area contributed by atoms with Crippen LogP contribution in [0.25, 0.3) is 0 Å². The highest BCUT2D eigenvalue weighted by Gasteiger charge is 2.19. The highest BCUT2D eigenvalue weighted by atomic mass is 35.5. The number of benzene rings is 1. The van der Waals surface area contributed by atoms with Gasteiger partial charge in [-0.3, -0.25) is 0 Å². The van der Waals surface area contributed by atoms with Crippen LogP contribution in [-0.4, -0.2) is 26.6 Å². The highest BCUT2D eigenvalue weighted by Crippen LogP contribution is 2.22. The molecule has 2 atom stereocenters. The van der Waals surface area contributed by atoms with Crippen LogP contribution in [0, 0.1) is 0 Å². The average Bonchev–Trinajstić information content (AvgIpc) is 2.31. The van der Waals surface area contributed by atoms with Gasteiger partial charge >= 0.3 is 0 Å². The van der Waals surface area contributed by atoms with Gasteiger partial charge in [-0.15, -0.1) is 0 Å². The van der Waals surface area contributed by atoms with Gasteiger partial charge in [0.15, 0.2) is 6.29 Å². The van der Waals surface area contributed by atoms with Crippen molar-refractivity contribution < 1.29 is 9.47 Å². The maximum Gasteiger partial charge on any atom is 0.171 e. The van der Waals surface area contributed by atoms with Crippen LogP contribution < -0.4 is 5.32 Å². The first kappa shape index (κ1) is 14.5. The number of hydrogen-bond acceptors (Lipinski definition) is 3. The van der Waals surface area contributed by atoms with Crippen molar-refractivity contribution in [1.82, 2.24) is 5.32 Å². The van der Waals surface area contributed by atoms with E-state index in [9.17, 15) is 0 Å². The second kappa shape index (κ2) is 6.97. The quantitative estimate of drug-likeness (QED) is 0.795. The van der Waals surface area contributed by atoms with E-state index in [4.69, 9.17) is 21.1 Å². The molecule has 1 aromatic carbocycles. The molecule has 96 valence electrons. The molecule has 0 spiro atoms. The summed E-state index contributed by atoms with van der Waals surface area (Å²) in [6.07, 6.45) is -0.264. The fourth-order valence-corrected chi connectivity index (χ4v) is 2.19. The van der Waals surface area contributed by atoms with Gasteiger partial charge < -0.3 is 14.8 Å². The molecule has 0 aliphatic heterocycles. The molecule has 17 heavy (non-hydrogen) atoms. The monoisotopic (exact) mass is 257 g/mol. The first-order chi connectivity index (χ1) is 8.10. The van der Waals surface area contributed by atoms with Crippen LogP contribution in [0.3, 0.4) is 0 Å². The maximum atomic E-state index is 6.15. The van der Waals surface area contributed by atoms with Crippen molar-refractivity contribution in [2.45, 2.75) is 32.2 Å². The minimum Gasteiger partial charge on any atom is -0.354 e. The Balaban J connectivity index is 2.66. The Morgan fingerprint density at radius 1 is 1.12 bits per heavy atom. The minimum atomic E-state index is -0.264. The molecule has 0 aromatic heterocycles. The van der Waals surface area contributed by atoms with E-state index in [0.29, 0.717) is 0 Å². The van der Waals surface area contributed by atoms with Gasteiger partial charge in [0.1, 0.15) is 0 Å². The molecule has 0 aliphatic rings. The number of hydrogen-bond donors (Lipinski definition) is 1. The van der Waals surface area contributed by atoms with Crippen LogP contribution in [0.1, 0.15) is 25.5 Å². The molecule has 0 bridgehead atoms. The summed E-state index contributed by atoms with van der Waals surface area (Å²) in [5, 5.41) is 4.17. The van der Waals surface area contributed by atoms with Gasteiger partial charge in [0.05, 0.1) is 6.04 Å². The first-order valence-electron chi connectivity index (χ1n) is 5.66. The predicted molar refractivity (Wildman–Crippen MR) is 70.3 cm³/mol. The molecule has 0 amide bonds. The first-order valence-corrected chi connectivity index (χ1v) is 6.04. The lowest BCUT2D eigenvalue weighted by Crippen LogP contribution is -2.40. The Labute approximate surface area is 108 Å². The summed E-state index contributed by atoms with van der Waals surface area (Å²) in [4.78, 5) is 0. The summed E-state index contributed by atoms with van der Waals surface area (Å²) >= 11 is 6.15. The molecule has 4 heteroatoms. The van der Waals surface area contributed by atoms with Gasteiger partial charge in [0, 0.05) is 25.3 Å². The summed E-state index contributed by atoms with van der Waals surface area (Å²) in [6.45, 7) is 4.09. The van der Waals surface area contributed by atoms with Crippen molar-refractivity contribution in [1.29, 1.82) is 0 Å². The standard InChI is InChI=1S/C13H20ClNO2/c1-9(11-7-5-6-8-12(11)14)15-10(2)13(16-3)17-4/h5-10,13,15H,1-4H3/t9-,10?/m0/s1. The van der Waals surface area contributed by atoms with Crippen LogP contribution in [0.15, 0.2) is 24.3 Å². The lowest BCUT2D eigenvalue weighted by Gasteiger charge is -2.26. The fraction of sp³-hybridized carbons (Fsp3) is 0.538. The van der Waals surface area contributed by atoms with Crippen molar-refractivity contribution in [2.75, 3.05) is 14.2 Å². The maximum absolute atomic E-state index is 6.15. The molecule has 3 nitrogen and oxygen atoms in total. The molecule has 0 fully saturated rings. The molecule has 1 aromatic rings. The third-order valence-corrected chi connectivity index (χ3v) is 3.10. The van der Waals surface area contributed by atoms with E-state index in [0.717, 1.165) is 10.6 Å². The Bertz CT molecular complexity index is 342. The fourth-order valence-electron chi connectivity index (χ4n) is 1.89. The van der Waals surface area contributed by atoms with E-state index in [1.165, 1.54) is 0 Å². The number of rotatable bonds is 6. The summed E-state index contributed by atoms with van der Waals surface area (Å²) in [6, 6.07) is 8.04. The molecule has 0 saturated heterocycles.